The Morgan fingerprint density at radius 1 is 1.23 bits per heavy atom. The fourth-order valence-corrected chi connectivity index (χ4v) is 2.97. The number of fused-ring (bicyclic) bond motifs is 1. The van der Waals surface area contributed by atoms with Gasteiger partial charge in [0.25, 0.3) is 5.91 Å². The van der Waals surface area contributed by atoms with Gasteiger partial charge in [0.1, 0.15) is 11.5 Å². The Bertz CT molecular complexity index is 936. The Balaban J connectivity index is 1.62. The van der Waals surface area contributed by atoms with E-state index in [1.54, 1.807) is 12.1 Å². The van der Waals surface area contributed by atoms with Crippen LogP contribution in [0.1, 0.15) is 17.4 Å². The number of anilines is 1. The highest BCUT2D eigenvalue weighted by Gasteiger charge is 2.11. The number of nitrogens with one attached hydrogen (secondary N) is 1. The first kappa shape index (κ1) is 18.4. The molecule has 0 atom stereocenters. The molecule has 2 aromatic heterocycles. The highest BCUT2D eigenvalue weighted by molar-refractivity contribution is 14.1. The van der Waals surface area contributed by atoms with E-state index in [1.807, 2.05) is 30.0 Å². The summed E-state index contributed by atoms with van der Waals surface area (Å²) in [5, 5.41) is 2.82. The molecular weight excluding hydrogens is 446 g/mol. The van der Waals surface area contributed by atoms with Gasteiger partial charge in [0.15, 0.2) is 0 Å². The predicted molar refractivity (Wildman–Crippen MR) is 107 cm³/mol. The van der Waals surface area contributed by atoms with Crippen molar-refractivity contribution in [1.29, 1.82) is 0 Å². The topological polar surface area (TPSA) is 71.0 Å². The minimum absolute atomic E-state index is 0.269. The number of aromatic nitrogens is 3. The molecule has 1 amide bonds. The van der Waals surface area contributed by atoms with Crippen molar-refractivity contribution in [1.82, 2.24) is 20.3 Å². The van der Waals surface area contributed by atoms with Crippen LogP contribution in [-0.4, -0.2) is 40.5 Å². The zero-order valence-corrected chi connectivity index (χ0v) is 16.3. The minimum Gasteiger partial charge on any atom is -0.355 e. The van der Waals surface area contributed by atoms with Gasteiger partial charge in [-0.1, -0.05) is 6.07 Å². The summed E-state index contributed by atoms with van der Waals surface area (Å²) < 4.78 is 14.3. The van der Waals surface area contributed by atoms with E-state index in [1.165, 1.54) is 12.3 Å². The van der Waals surface area contributed by atoms with Gasteiger partial charge in [0.2, 0.25) is 5.95 Å². The summed E-state index contributed by atoms with van der Waals surface area (Å²) in [5.41, 5.74) is 1.70. The van der Waals surface area contributed by atoms with Gasteiger partial charge < -0.3 is 10.2 Å². The number of amides is 1. The summed E-state index contributed by atoms with van der Waals surface area (Å²) in [4.78, 5) is 26.7. The Morgan fingerprint density at radius 2 is 2.08 bits per heavy atom. The molecule has 0 aliphatic heterocycles. The van der Waals surface area contributed by atoms with Crippen LogP contribution in [0.25, 0.3) is 11.0 Å². The molecule has 134 valence electrons. The molecule has 0 radical (unpaired) electrons. The van der Waals surface area contributed by atoms with Crippen LogP contribution >= 0.6 is 22.6 Å². The number of pyridine rings is 1. The van der Waals surface area contributed by atoms with E-state index in [2.05, 4.69) is 42.9 Å². The summed E-state index contributed by atoms with van der Waals surface area (Å²) in [6.45, 7) is 3.50. The number of nitrogens with zero attached hydrogens (tertiary/aromatic N) is 4. The number of likely N-dealkylation sites (N-methyl/N-ethyl adjacent to an activating group) is 1. The van der Waals surface area contributed by atoms with Crippen LogP contribution in [0.15, 0.2) is 42.6 Å². The van der Waals surface area contributed by atoms with Crippen molar-refractivity contribution < 1.29 is 9.18 Å². The Hall–Kier alpha value is -2.36. The third-order valence-corrected chi connectivity index (χ3v) is 4.48. The van der Waals surface area contributed by atoms with Crippen molar-refractivity contribution in [3.05, 3.63) is 57.8 Å². The molecule has 0 bridgehead atoms. The molecular formula is C18H17FIN5O. The summed E-state index contributed by atoms with van der Waals surface area (Å²) in [7, 11) is 0. The van der Waals surface area contributed by atoms with E-state index in [-0.39, 0.29) is 11.6 Å². The fraction of sp³-hybridized carbons (Fsp3) is 0.222. The van der Waals surface area contributed by atoms with Gasteiger partial charge in [-0.2, -0.15) is 4.39 Å². The largest absolute Gasteiger partial charge is 0.355 e. The Kier molecular flexibility index (Phi) is 5.92. The summed E-state index contributed by atoms with van der Waals surface area (Å²) in [6, 6.07) is 10.3. The van der Waals surface area contributed by atoms with E-state index >= 15 is 0 Å². The highest BCUT2D eigenvalue weighted by atomic mass is 125. The van der Waals surface area contributed by atoms with Gasteiger partial charge >= 0.3 is 0 Å². The van der Waals surface area contributed by atoms with Crippen molar-refractivity contribution >= 4 is 45.3 Å². The maximum atomic E-state index is 13.3. The molecule has 0 fully saturated rings. The Morgan fingerprint density at radius 3 is 2.85 bits per heavy atom. The van der Waals surface area contributed by atoms with E-state index < -0.39 is 5.95 Å². The molecule has 8 heteroatoms. The molecule has 0 aliphatic carbocycles. The quantitative estimate of drug-likeness (QED) is 0.450. The van der Waals surface area contributed by atoms with Crippen LogP contribution in [0.2, 0.25) is 0 Å². The number of carbonyl (C=O) groups is 1. The van der Waals surface area contributed by atoms with Crippen LogP contribution in [0.5, 0.6) is 0 Å². The van der Waals surface area contributed by atoms with E-state index in [0.29, 0.717) is 31.0 Å². The number of rotatable bonds is 6. The number of hydrogen-bond donors (Lipinski definition) is 1. The van der Waals surface area contributed by atoms with Gasteiger partial charge in [0.05, 0.1) is 17.2 Å². The lowest BCUT2D eigenvalue weighted by atomic mass is 10.3. The predicted octanol–water partition coefficient (Wildman–Crippen LogP) is 3.02. The fourth-order valence-electron chi connectivity index (χ4n) is 2.50. The monoisotopic (exact) mass is 463 g/mol. The average Bonchev–Trinajstić information content (AvgIpc) is 2.64. The molecule has 0 aliphatic rings. The molecule has 0 spiro atoms. The van der Waals surface area contributed by atoms with Crippen molar-refractivity contribution in [2.24, 2.45) is 0 Å². The Labute approximate surface area is 164 Å². The highest BCUT2D eigenvalue weighted by Crippen LogP contribution is 2.14. The van der Waals surface area contributed by atoms with Gasteiger partial charge in [-0.3, -0.25) is 9.78 Å². The SMILES string of the molecule is CCN(CCNC(=O)c1cnc2cc([125I])ccc2n1)c1cccc(F)n1. The standard InChI is InChI=1S/C18H17FIN5O/c1-2-25(17-5-3-4-16(19)24-17)9-8-21-18(26)15-11-22-14-10-12(20)6-7-13(14)23-15/h3-7,10-11H,2,8-9H2,1H3,(H,21,26)/i20-2. The molecule has 0 saturated heterocycles. The molecule has 2 heterocycles. The van der Waals surface area contributed by atoms with E-state index in [4.69, 9.17) is 0 Å². The van der Waals surface area contributed by atoms with Crippen LogP contribution in [0.4, 0.5) is 10.2 Å². The third kappa shape index (κ3) is 4.43. The lowest BCUT2D eigenvalue weighted by molar-refractivity contribution is 0.0949. The summed E-state index contributed by atoms with van der Waals surface area (Å²) in [6.07, 6.45) is 1.47. The van der Waals surface area contributed by atoms with Gasteiger partial charge in [-0.15, -0.1) is 0 Å². The first-order valence-corrected chi connectivity index (χ1v) is 9.22. The first-order valence-electron chi connectivity index (χ1n) is 8.15. The van der Waals surface area contributed by atoms with Gasteiger partial charge in [-0.05, 0) is 59.8 Å². The summed E-state index contributed by atoms with van der Waals surface area (Å²) >= 11 is 2.20. The second-order valence-electron chi connectivity index (χ2n) is 5.54. The third-order valence-electron chi connectivity index (χ3n) is 3.81. The lowest BCUT2D eigenvalue weighted by Gasteiger charge is -2.21. The maximum absolute atomic E-state index is 13.3. The second-order valence-corrected chi connectivity index (χ2v) is 6.79. The average molecular weight is 463 g/mol. The van der Waals surface area contributed by atoms with E-state index in [9.17, 15) is 9.18 Å². The van der Waals surface area contributed by atoms with Gasteiger partial charge in [-0.25, -0.2) is 9.97 Å². The number of carbonyl (C=O) groups excluding carboxylic acids is 1. The normalized spacial score (nSPS) is 10.7. The number of halogens is 2. The van der Waals surface area contributed by atoms with Crippen LogP contribution in [0, 0.1) is 9.52 Å². The van der Waals surface area contributed by atoms with Crippen LogP contribution in [-0.2, 0) is 0 Å². The van der Waals surface area contributed by atoms with Gasteiger partial charge in [0, 0.05) is 23.2 Å². The molecule has 3 aromatic rings. The minimum atomic E-state index is -0.522. The molecule has 0 saturated carbocycles. The lowest BCUT2D eigenvalue weighted by Crippen LogP contribution is -2.35. The van der Waals surface area contributed by atoms with E-state index in [0.717, 1.165) is 9.09 Å². The molecule has 1 aromatic carbocycles. The maximum Gasteiger partial charge on any atom is 0.271 e. The summed E-state index contributed by atoms with van der Waals surface area (Å²) in [5.74, 6) is -0.269. The number of benzene rings is 1. The van der Waals surface area contributed by atoms with Crippen molar-refractivity contribution in [3.8, 4) is 0 Å². The molecule has 1 N–H and O–H groups in total. The molecule has 0 unspecified atom stereocenters. The number of hydrogen-bond acceptors (Lipinski definition) is 5. The molecule has 6 nitrogen and oxygen atoms in total. The first-order chi connectivity index (χ1) is 12.6. The van der Waals surface area contributed by atoms with Crippen molar-refractivity contribution in [2.75, 3.05) is 24.5 Å². The molecule has 26 heavy (non-hydrogen) atoms. The second kappa shape index (κ2) is 8.35. The van der Waals surface area contributed by atoms with Crippen molar-refractivity contribution in [3.63, 3.8) is 0 Å². The van der Waals surface area contributed by atoms with Crippen LogP contribution < -0.4 is 10.2 Å². The zero-order valence-electron chi connectivity index (χ0n) is 14.1. The van der Waals surface area contributed by atoms with Crippen molar-refractivity contribution in [2.45, 2.75) is 6.92 Å². The van der Waals surface area contributed by atoms with Crippen LogP contribution in [0.3, 0.4) is 0 Å². The molecule has 3 rings (SSSR count). The zero-order chi connectivity index (χ0) is 18.5. The smallest absolute Gasteiger partial charge is 0.271 e.